The van der Waals surface area contributed by atoms with Crippen LogP contribution in [0.15, 0.2) is 83.8 Å². The Balaban J connectivity index is 1.80. The number of rotatable bonds is 6. The Hall–Kier alpha value is -3.25. The number of amides is 1. The SMILES string of the molecule is Cc1ccc(S(=O)(=O)CC(=O)Nc2ccccc2C(=O)c2ccccc2)cc1. The maximum atomic E-state index is 12.7. The number of hydrogen-bond acceptors (Lipinski definition) is 4. The van der Waals surface area contributed by atoms with E-state index in [0.717, 1.165) is 5.56 Å². The monoisotopic (exact) mass is 393 g/mol. The summed E-state index contributed by atoms with van der Waals surface area (Å²) in [4.78, 5) is 25.2. The lowest BCUT2D eigenvalue weighted by Gasteiger charge is -2.11. The van der Waals surface area contributed by atoms with Gasteiger partial charge in [0.1, 0.15) is 5.75 Å². The van der Waals surface area contributed by atoms with Crippen LogP contribution in [0.2, 0.25) is 0 Å². The highest BCUT2D eigenvalue weighted by molar-refractivity contribution is 7.92. The molecule has 0 radical (unpaired) electrons. The normalized spacial score (nSPS) is 11.0. The highest BCUT2D eigenvalue weighted by atomic mass is 32.2. The number of aryl methyl sites for hydroxylation is 1. The molecule has 28 heavy (non-hydrogen) atoms. The molecule has 3 aromatic rings. The predicted molar refractivity (Wildman–Crippen MR) is 108 cm³/mol. The summed E-state index contributed by atoms with van der Waals surface area (Å²) in [7, 11) is -3.78. The predicted octanol–water partition coefficient (Wildman–Crippen LogP) is 3.64. The molecule has 0 heterocycles. The second-order valence-electron chi connectivity index (χ2n) is 6.36. The molecular formula is C22H19NO4S. The van der Waals surface area contributed by atoms with E-state index in [4.69, 9.17) is 0 Å². The van der Waals surface area contributed by atoms with Gasteiger partial charge in [-0.2, -0.15) is 0 Å². The molecule has 0 fully saturated rings. The summed E-state index contributed by atoms with van der Waals surface area (Å²) in [6, 6.07) is 21.5. The van der Waals surface area contributed by atoms with E-state index in [1.54, 1.807) is 66.7 Å². The van der Waals surface area contributed by atoms with E-state index in [2.05, 4.69) is 5.32 Å². The summed E-state index contributed by atoms with van der Waals surface area (Å²) in [6.07, 6.45) is 0. The first kappa shape index (κ1) is 19.5. The minimum atomic E-state index is -3.78. The van der Waals surface area contributed by atoms with Gasteiger partial charge in [-0.3, -0.25) is 9.59 Å². The van der Waals surface area contributed by atoms with E-state index in [0.29, 0.717) is 11.1 Å². The topological polar surface area (TPSA) is 80.3 Å². The summed E-state index contributed by atoms with van der Waals surface area (Å²) < 4.78 is 24.9. The summed E-state index contributed by atoms with van der Waals surface area (Å²) >= 11 is 0. The average Bonchev–Trinajstić information content (AvgIpc) is 2.68. The molecule has 3 aromatic carbocycles. The van der Waals surface area contributed by atoms with Crippen molar-refractivity contribution < 1.29 is 18.0 Å². The van der Waals surface area contributed by atoms with Crippen LogP contribution in [0.1, 0.15) is 21.5 Å². The molecule has 0 spiro atoms. The summed E-state index contributed by atoms with van der Waals surface area (Å²) in [5.74, 6) is -1.66. The first-order valence-electron chi connectivity index (χ1n) is 8.65. The van der Waals surface area contributed by atoms with Gasteiger partial charge in [-0.1, -0.05) is 60.2 Å². The highest BCUT2D eigenvalue weighted by Crippen LogP contribution is 2.20. The number of para-hydroxylation sites is 1. The van der Waals surface area contributed by atoms with Crippen molar-refractivity contribution in [1.82, 2.24) is 0 Å². The standard InChI is InChI=1S/C22H19NO4S/c1-16-11-13-18(14-12-16)28(26,27)15-21(24)23-20-10-6-5-9-19(20)22(25)17-7-3-2-4-8-17/h2-14H,15H2,1H3,(H,23,24). The number of carbonyl (C=O) groups excluding carboxylic acids is 2. The number of ketones is 1. The van der Waals surface area contributed by atoms with Crippen LogP contribution in [-0.2, 0) is 14.6 Å². The van der Waals surface area contributed by atoms with Crippen LogP contribution >= 0.6 is 0 Å². The lowest BCUT2D eigenvalue weighted by Crippen LogP contribution is -2.24. The Morgan fingerprint density at radius 3 is 2.11 bits per heavy atom. The van der Waals surface area contributed by atoms with E-state index in [1.807, 2.05) is 6.92 Å². The van der Waals surface area contributed by atoms with Crippen LogP contribution < -0.4 is 5.32 Å². The largest absolute Gasteiger partial charge is 0.325 e. The van der Waals surface area contributed by atoms with Crippen molar-refractivity contribution in [2.24, 2.45) is 0 Å². The molecule has 0 aromatic heterocycles. The van der Waals surface area contributed by atoms with Crippen LogP contribution in [0.3, 0.4) is 0 Å². The third kappa shape index (κ3) is 4.53. The Kier molecular flexibility index (Phi) is 5.70. The van der Waals surface area contributed by atoms with Crippen molar-refractivity contribution in [3.05, 3.63) is 95.6 Å². The van der Waals surface area contributed by atoms with Crippen LogP contribution in [0.4, 0.5) is 5.69 Å². The Bertz CT molecular complexity index is 1100. The number of anilines is 1. The van der Waals surface area contributed by atoms with Gasteiger partial charge in [0.15, 0.2) is 15.6 Å². The summed E-state index contributed by atoms with van der Waals surface area (Å²) in [5.41, 5.74) is 1.99. The quantitative estimate of drug-likeness (QED) is 0.649. The first-order valence-corrected chi connectivity index (χ1v) is 10.3. The molecule has 142 valence electrons. The lowest BCUT2D eigenvalue weighted by atomic mass is 10.0. The molecule has 5 nitrogen and oxygen atoms in total. The van der Waals surface area contributed by atoms with E-state index < -0.39 is 21.5 Å². The molecule has 0 atom stereocenters. The number of carbonyl (C=O) groups is 2. The first-order chi connectivity index (χ1) is 13.4. The Labute approximate surface area is 164 Å². The number of nitrogens with one attached hydrogen (secondary N) is 1. The molecule has 0 aliphatic carbocycles. The van der Waals surface area contributed by atoms with E-state index >= 15 is 0 Å². The molecule has 1 amide bonds. The van der Waals surface area contributed by atoms with Gasteiger partial charge in [-0.05, 0) is 31.2 Å². The maximum absolute atomic E-state index is 12.7. The molecular weight excluding hydrogens is 374 g/mol. The maximum Gasteiger partial charge on any atom is 0.239 e. The molecule has 0 saturated heterocycles. The Morgan fingerprint density at radius 2 is 1.43 bits per heavy atom. The van der Waals surface area contributed by atoms with Gasteiger partial charge in [0.05, 0.1) is 10.6 Å². The molecule has 0 aliphatic rings. The molecule has 0 unspecified atom stereocenters. The Morgan fingerprint density at radius 1 is 0.821 bits per heavy atom. The van der Waals surface area contributed by atoms with E-state index in [1.165, 1.54) is 12.1 Å². The van der Waals surface area contributed by atoms with E-state index in [-0.39, 0.29) is 16.4 Å². The molecule has 6 heteroatoms. The number of hydrogen-bond donors (Lipinski definition) is 1. The second-order valence-corrected chi connectivity index (χ2v) is 8.35. The summed E-state index contributed by atoms with van der Waals surface area (Å²) in [6.45, 7) is 1.85. The highest BCUT2D eigenvalue weighted by Gasteiger charge is 2.21. The van der Waals surface area contributed by atoms with Gasteiger partial charge in [0, 0.05) is 11.1 Å². The third-order valence-corrected chi connectivity index (χ3v) is 5.82. The van der Waals surface area contributed by atoms with Crippen molar-refractivity contribution in [2.45, 2.75) is 11.8 Å². The van der Waals surface area contributed by atoms with Crippen molar-refractivity contribution in [3.63, 3.8) is 0 Å². The van der Waals surface area contributed by atoms with Gasteiger partial charge < -0.3 is 5.32 Å². The van der Waals surface area contributed by atoms with Crippen molar-refractivity contribution in [2.75, 3.05) is 11.1 Å². The van der Waals surface area contributed by atoms with Crippen molar-refractivity contribution >= 4 is 27.2 Å². The van der Waals surface area contributed by atoms with Gasteiger partial charge in [0.2, 0.25) is 5.91 Å². The molecule has 0 aliphatic heterocycles. The van der Waals surface area contributed by atoms with Crippen LogP contribution in [-0.4, -0.2) is 25.9 Å². The molecule has 0 bridgehead atoms. The second kappa shape index (κ2) is 8.19. The van der Waals surface area contributed by atoms with Gasteiger partial charge in [-0.25, -0.2) is 8.42 Å². The van der Waals surface area contributed by atoms with Crippen LogP contribution in [0, 0.1) is 6.92 Å². The van der Waals surface area contributed by atoms with Gasteiger partial charge >= 0.3 is 0 Å². The number of benzene rings is 3. The van der Waals surface area contributed by atoms with Gasteiger partial charge in [-0.15, -0.1) is 0 Å². The zero-order chi connectivity index (χ0) is 20.1. The molecule has 3 rings (SSSR count). The zero-order valence-corrected chi connectivity index (χ0v) is 16.1. The average molecular weight is 393 g/mol. The zero-order valence-electron chi connectivity index (χ0n) is 15.3. The van der Waals surface area contributed by atoms with Crippen LogP contribution in [0.5, 0.6) is 0 Å². The fourth-order valence-electron chi connectivity index (χ4n) is 2.72. The lowest BCUT2D eigenvalue weighted by molar-refractivity contribution is -0.113. The fraction of sp³-hybridized carbons (Fsp3) is 0.0909. The fourth-order valence-corrected chi connectivity index (χ4v) is 3.86. The minimum absolute atomic E-state index is 0.0851. The minimum Gasteiger partial charge on any atom is -0.325 e. The van der Waals surface area contributed by atoms with Crippen molar-refractivity contribution in [1.29, 1.82) is 0 Å². The van der Waals surface area contributed by atoms with Crippen molar-refractivity contribution in [3.8, 4) is 0 Å². The third-order valence-electron chi connectivity index (χ3n) is 4.18. The van der Waals surface area contributed by atoms with Gasteiger partial charge in [0.25, 0.3) is 0 Å². The summed E-state index contributed by atoms with van der Waals surface area (Å²) in [5, 5.41) is 2.56. The smallest absolute Gasteiger partial charge is 0.239 e. The molecule has 0 saturated carbocycles. The van der Waals surface area contributed by atoms with E-state index in [9.17, 15) is 18.0 Å². The molecule has 1 N–H and O–H groups in total. The number of sulfone groups is 1. The van der Waals surface area contributed by atoms with Crippen LogP contribution in [0.25, 0.3) is 0 Å².